The van der Waals surface area contributed by atoms with Gasteiger partial charge in [0.1, 0.15) is 11.8 Å². The molecule has 0 radical (unpaired) electrons. The van der Waals surface area contributed by atoms with Gasteiger partial charge in [-0.2, -0.15) is 0 Å². The van der Waals surface area contributed by atoms with Gasteiger partial charge in [-0.1, -0.05) is 13.8 Å². The summed E-state index contributed by atoms with van der Waals surface area (Å²) in [4.78, 5) is 25.2. The number of aromatic nitrogens is 2. The van der Waals surface area contributed by atoms with Crippen molar-refractivity contribution in [2.24, 2.45) is 5.92 Å². The Labute approximate surface area is 141 Å². The van der Waals surface area contributed by atoms with E-state index in [1.807, 2.05) is 13.8 Å². The summed E-state index contributed by atoms with van der Waals surface area (Å²) in [6, 6.07) is 1.53. The molecule has 0 aromatic carbocycles. The van der Waals surface area contributed by atoms with Crippen LogP contribution in [0.5, 0.6) is 5.88 Å². The summed E-state index contributed by atoms with van der Waals surface area (Å²) in [6.07, 6.45) is 1.07. The number of nitrogens with one attached hydrogen (secondary N) is 1. The molecule has 0 saturated carbocycles. The number of esters is 1. The standard InChI is InChI=1S/C16H25N3O5/c1-4-22-15(20)13-9-14(18-17-13)24-12-5-7-19(8-6-12)16(21)23-10-11(2)3/h9,11-12H,4-8,10H2,1-3H3,(H,17,18). The number of hydrogen-bond donors (Lipinski definition) is 1. The summed E-state index contributed by atoms with van der Waals surface area (Å²) in [5.41, 5.74) is 0.265. The van der Waals surface area contributed by atoms with Crippen LogP contribution in [0.2, 0.25) is 0 Å². The molecule has 1 aromatic heterocycles. The van der Waals surface area contributed by atoms with Crippen molar-refractivity contribution in [1.82, 2.24) is 15.1 Å². The highest BCUT2D eigenvalue weighted by Gasteiger charge is 2.25. The van der Waals surface area contributed by atoms with Gasteiger partial charge in [0.05, 0.1) is 13.2 Å². The van der Waals surface area contributed by atoms with E-state index in [-0.39, 0.29) is 17.9 Å². The van der Waals surface area contributed by atoms with Crippen LogP contribution in [0.1, 0.15) is 44.1 Å². The van der Waals surface area contributed by atoms with Crippen LogP contribution in [0.25, 0.3) is 0 Å². The van der Waals surface area contributed by atoms with Gasteiger partial charge in [-0.3, -0.25) is 5.10 Å². The van der Waals surface area contributed by atoms with Crippen molar-refractivity contribution in [1.29, 1.82) is 0 Å². The number of rotatable bonds is 6. The van der Waals surface area contributed by atoms with Crippen LogP contribution in [0.15, 0.2) is 6.07 Å². The van der Waals surface area contributed by atoms with E-state index < -0.39 is 5.97 Å². The van der Waals surface area contributed by atoms with Crippen LogP contribution in [0.3, 0.4) is 0 Å². The van der Waals surface area contributed by atoms with Gasteiger partial charge in [-0.25, -0.2) is 9.59 Å². The Morgan fingerprint density at radius 1 is 1.33 bits per heavy atom. The predicted molar refractivity (Wildman–Crippen MR) is 86.0 cm³/mol. The zero-order chi connectivity index (χ0) is 17.5. The summed E-state index contributed by atoms with van der Waals surface area (Å²) in [5.74, 6) is 0.226. The first kappa shape index (κ1) is 18.1. The number of amides is 1. The summed E-state index contributed by atoms with van der Waals surface area (Å²) >= 11 is 0. The van der Waals surface area contributed by atoms with Gasteiger partial charge >= 0.3 is 12.1 Å². The van der Waals surface area contributed by atoms with Crippen molar-refractivity contribution >= 4 is 12.1 Å². The summed E-state index contributed by atoms with van der Waals surface area (Å²) in [5, 5.41) is 6.56. The monoisotopic (exact) mass is 339 g/mol. The average Bonchev–Trinajstić information content (AvgIpc) is 3.02. The number of carbonyl (C=O) groups excluding carboxylic acids is 2. The van der Waals surface area contributed by atoms with E-state index in [1.165, 1.54) is 6.07 Å². The molecule has 0 spiro atoms. The van der Waals surface area contributed by atoms with E-state index in [0.717, 1.165) is 0 Å². The highest BCUT2D eigenvalue weighted by molar-refractivity contribution is 5.87. The summed E-state index contributed by atoms with van der Waals surface area (Å²) < 4.78 is 15.9. The minimum absolute atomic E-state index is 0.0440. The molecule has 1 fully saturated rings. The molecule has 134 valence electrons. The second-order valence-corrected chi connectivity index (χ2v) is 6.12. The second-order valence-electron chi connectivity index (χ2n) is 6.12. The fourth-order valence-electron chi connectivity index (χ4n) is 2.33. The van der Waals surface area contributed by atoms with Crippen LogP contribution in [0, 0.1) is 5.92 Å². The lowest BCUT2D eigenvalue weighted by Crippen LogP contribution is -2.42. The third-order valence-electron chi connectivity index (χ3n) is 3.58. The van der Waals surface area contributed by atoms with E-state index in [4.69, 9.17) is 14.2 Å². The van der Waals surface area contributed by atoms with Gasteiger partial charge < -0.3 is 19.1 Å². The van der Waals surface area contributed by atoms with Gasteiger partial charge in [0.15, 0.2) is 0 Å². The maximum atomic E-state index is 11.9. The molecule has 1 N–H and O–H groups in total. The summed E-state index contributed by atoms with van der Waals surface area (Å²) in [6.45, 7) is 7.64. The number of hydrogen-bond acceptors (Lipinski definition) is 6. The molecule has 0 unspecified atom stereocenters. The van der Waals surface area contributed by atoms with E-state index in [0.29, 0.717) is 50.9 Å². The third kappa shape index (κ3) is 5.14. The minimum Gasteiger partial charge on any atom is -0.473 e. The van der Waals surface area contributed by atoms with Crippen LogP contribution in [0.4, 0.5) is 4.79 Å². The maximum Gasteiger partial charge on any atom is 0.409 e. The lowest BCUT2D eigenvalue weighted by molar-refractivity contribution is 0.0517. The Hall–Kier alpha value is -2.25. The number of piperidine rings is 1. The van der Waals surface area contributed by atoms with E-state index in [2.05, 4.69) is 10.2 Å². The molecule has 0 aliphatic carbocycles. The number of aromatic amines is 1. The zero-order valence-electron chi connectivity index (χ0n) is 14.4. The molecule has 8 nitrogen and oxygen atoms in total. The van der Waals surface area contributed by atoms with Gasteiger partial charge in [0, 0.05) is 32.0 Å². The first-order valence-corrected chi connectivity index (χ1v) is 8.30. The minimum atomic E-state index is -0.456. The van der Waals surface area contributed by atoms with Gasteiger partial charge in [-0.15, -0.1) is 5.10 Å². The number of nitrogens with zero attached hydrogens (tertiary/aromatic N) is 2. The lowest BCUT2D eigenvalue weighted by Gasteiger charge is -2.31. The Bertz CT molecular complexity index is 550. The Morgan fingerprint density at radius 2 is 2.04 bits per heavy atom. The number of carbonyl (C=O) groups is 2. The Balaban J connectivity index is 1.77. The molecule has 2 rings (SSSR count). The predicted octanol–water partition coefficient (Wildman–Crippen LogP) is 2.22. The van der Waals surface area contributed by atoms with Gasteiger partial charge in [-0.05, 0) is 12.8 Å². The van der Waals surface area contributed by atoms with Crippen molar-refractivity contribution in [3.63, 3.8) is 0 Å². The van der Waals surface area contributed by atoms with Crippen LogP contribution in [-0.2, 0) is 9.47 Å². The van der Waals surface area contributed by atoms with Crippen LogP contribution >= 0.6 is 0 Å². The highest BCUT2D eigenvalue weighted by atomic mass is 16.6. The van der Waals surface area contributed by atoms with Crippen molar-refractivity contribution in [2.75, 3.05) is 26.3 Å². The van der Waals surface area contributed by atoms with Crippen molar-refractivity contribution < 1.29 is 23.8 Å². The quantitative estimate of drug-likeness (QED) is 0.799. The molecule has 1 aliphatic rings. The molecular formula is C16H25N3O5. The molecule has 2 heterocycles. The lowest BCUT2D eigenvalue weighted by atomic mass is 10.1. The third-order valence-corrected chi connectivity index (χ3v) is 3.58. The molecule has 1 aromatic rings. The Morgan fingerprint density at radius 3 is 2.67 bits per heavy atom. The Kier molecular flexibility index (Phi) is 6.45. The molecule has 1 aliphatic heterocycles. The van der Waals surface area contributed by atoms with Crippen molar-refractivity contribution in [3.05, 3.63) is 11.8 Å². The highest BCUT2D eigenvalue weighted by Crippen LogP contribution is 2.19. The largest absolute Gasteiger partial charge is 0.473 e. The number of ether oxygens (including phenoxy) is 3. The van der Waals surface area contributed by atoms with Crippen molar-refractivity contribution in [3.8, 4) is 5.88 Å². The molecule has 0 bridgehead atoms. The van der Waals surface area contributed by atoms with E-state index >= 15 is 0 Å². The molecule has 1 amide bonds. The smallest absolute Gasteiger partial charge is 0.409 e. The average molecular weight is 339 g/mol. The van der Waals surface area contributed by atoms with Crippen molar-refractivity contribution in [2.45, 2.75) is 39.7 Å². The topological polar surface area (TPSA) is 93.8 Å². The van der Waals surface area contributed by atoms with E-state index in [1.54, 1.807) is 11.8 Å². The van der Waals surface area contributed by atoms with E-state index in [9.17, 15) is 9.59 Å². The second kappa shape index (κ2) is 8.56. The van der Waals surface area contributed by atoms with Crippen LogP contribution in [-0.4, -0.2) is 59.6 Å². The SMILES string of the molecule is CCOC(=O)c1cc(OC2CCN(C(=O)OCC(C)C)CC2)n[nH]1. The first-order chi connectivity index (χ1) is 11.5. The summed E-state index contributed by atoms with van der Waals surface area (Å²) in [7, 11) is 0. The zero-order valence-corrected chi connectivity index (χ0v) is 14.4. The molecule has 8 heteroatoms. The fraction of sp³-hybridized carbons (Fsp3) is 0.688. The van der Waals surface area contributed by atoms with Gasteiger partial charge in [0.2, 0.25) is 5.88 Å². The first-order valence-electron chi connectivity index (χ1n) is 8.30. The molecular weight excluding hydrogens is 314 g/mol. The van der Waals surface area contributed by atoms with Gasteiger partial charge in [0.25, 0.3) is 0 Å². The number of likely N-dealkylation sites (tertiary alicyclic amines) is 1. The molecule has 24 heavy (non-hydrogen) atoms. The number of H-pyrrole nitrogens is 1. The molecule has 0 atom stereocenters. The van der Waals surface area contributed by atoms with Crippen LogP contribution < -0.4 is 4.74 Å². The fourth-order valence-corrected chi connectivity index (χ4v) is 2.33. The maximum absolute atomic E-state index is 11.9. The molecule has 1 saturated heterocycles. The normalized spacial score (nSPS) is 15.4.